The molecule has 0 radical (unpaired) electrons. The van der Waals surface area contributed by atoms with Crippen LogP contribution in [-0.2, 0) is 11.3 Å². The average Bonchev–Trinajstić information content (AvgIpc) is 3.36. The zero-order chi connectivity index (χ0) is 19.1. The number of likely N-dealkylation sites (tertiary alicyclic amines) is 1. The Balaban J connectivity index is 1.25. The van der Waals surface area contributed by atoms with Crippen molar-refractivity contribution >= 4 is 27.5 Å². The van der Waals surface area contributed by atoms with E-state index >= 15 is 0 Å². The fourth-order valence-electron chi connectivity index (χ4n) is 4.01. The Hall–Kier alpha value is -2.86. The number of benzene rings is 2. The van der Waals surface area contributed by atoms with Crippen LogP contribution in [0, 0.1) is 5.92 Å². The first-order valence-electron chi connectivity index (χ1n) is 9.52. The van der Waals surface area contributed by atoms with Crippen molar-refractivity contribution in [2.24, 2.45) is 5.92 Å². The second kappa shape index (κ2) is 6.95. The van der Waals surface area contributed by atoms with E-state index < -0.39 is 0 Å². The van der Waals surface area contributed by atoms with Gasteiger partial charge in [-0.1, -0.05) is 35.6 Å². The molecule has 2 aliphatic rings. The molecule has 0 bridgehead atoms. The molecule has 3 aromatic rings. The van der Waals surface area contributed by atoms with Crippen LogP contribution in [0.15, 0.2) is 60.4 Å². The summed E-state index contributed by atoms with van der Waals surface area (Å²) in [7, 11) is 0. The summed E-state index contributed by atoms with van der Waals surface area (Å²) < 4.78 is 7.05. The maximum Gasteiger partial charge on any atom is 0.279 e. The van der Waals surface area contributed by atoms with E-state index in [1.807, 2.05) is 35.2 Å². The van der Waals surface area contributed by atoms with E-state index in [2.05, 4.69) is 34.3 Å². The predicted octanol–water partition coefficient (Wildman–Crippen LogP) is 4.61. The molecule has 142 valence electrons. The Morgan fingerprint density at radius 2 is 2.04 bits per heavy atom. The summed E-state index contributed by atoms with van der Waals surface area (Å²) in [4.78, 5) is 20.5. The van der Waals surface area contributed by atoms with E-state index in [0.29, 0.717) is 11.1 Å². The van der Waals surface area contributed by atoms with E-state index in [9.17, 15) is 4.79 Å². The lowest BCUT2D eigenvalue weighted by atomic mass is 10.1. The van der Waals surface area contributed by atoms with Crippen molar-refractivity contribution in [1.29, 1.82) is 0 Å². The van der Waals surface area contributed by atoms with E-state index in [0.717, 1.165) is 42.0 Å². The molecule has 1 unspecified atom stereocenters. The van der Waals surface area contributed by atoms with E-state index in [4.69, 9.17) is 4.74 Å². The molecule has 6 heteroatoms. The molecular formula is C22H21N3O2S. The van der Waals surface area contributed by atoms with Gasteiger partial charge >= 0.3 is 0 Å². The Labute approximate surface area is 167 Å². The third kappa shape index (κ3) is 3.24. The largest absolute Gasteiger partial charge is 0.431 e. The van der Waals surface area contributed by atoms with Gasteiger partial charge in [-0.05, 0) is 36.2 Å². The number of hydrogen-bond acceptors (Lipinski definition) is 5. The number of hydrogen-bond donors (Lipinski definition) is 0. The van der Waals surface area contributed by atoms with Crippen LogP contribution in [0.2, 0.25) is 0 Å². The third-order valence-electron chi connectivity index (χ3n) is 5.37. The molecule has 3 heterocycles. The van der Waals surface area contributed by atoms with Gasteiger partial charge in [0.25, 0.3) is 5.19 Å². The summed E-state index contributed by atoms with van der Waals surface area (Å²) >= 11 is 1.55. The summed E-state index contributed by atoms with van der Waals surface area (Å²) in [6, 6.07) is 16.2. The van der Waals surface area contributed by atoms with Crippen LogP contribution in [0.3, 0.4) is 0 Å². The van der Waals surface area contributed by atoms with Gasteiger partial charge in [-0.3, -0.25) is 4.79 Å². The van der Waals surface area contributed by atoms with Crippen molar-refractivity contribution in [3.63, 3.8) is 0 Å². The molecule has 5 rings (SSSR count). The van der Waals surface area contributed by atoms with E-state index in [1.54, 1.807) is 18.3 Å². The van der Waals surface area contributed by atoms with Gasteiger partial charge in [-0.2, -0.15) is 0 Å². The number of thiazole rings is 1. The van der Waals surface area contributed by atoms with Crippen molar-refractivity contribution < 1.29 is 9.53 Å². The lowest BCUT2D eigenvalue weighted by Crippen LogP contribution is -2.23. The SMILES string of the molecule is CC(=O)N1CCC2CN(Cc3ccc(Oc4nc5ccccc5s4)cc3)C=C21. The second-order valence-electron chi connectivity index (χ2n) is 7.33. The highest BCUT2D eigenvalue weighted by atomic mass is 32.1. The summed E-state index contributed by atoms with van der Waals surface area (Å²) in [5.41, 5.74) is 3.37. The number of para-hydroxylation sites is 1. The minimum atomic E-state index is 0.145. The van der Waals surface area contributed by atoms with Gasteiger partial charge in [0.2, 0.25) is 5.91 Å². The number of nitrogens with zero attached hydrogens (tertiary/aromatic N) is 3. The van der Waals surface area contributed by atoms with Crippen molar-refractivity contribution in [3.8, 4) is 10.9 Å². The van der Waals surface area contributed by atoms with Crippen LogP contribution in [0.25, 0.3) is 10.2 Å². The number of carbonyl (C=O) groups is 1. The van der Waals surface area contributed by atoms with Gasteiger partial charge in [0.15, 0.2) is 0 Å². The maximum atomic E-state index is 11.7. The van der Waals surface area contributed by atoms with Crippen LogP contribution in [-0.4, -0.2) is 33.8 Å². The fraction of sp³-hybridized carbons (Fsp3) is 0.273. The second-order valence-corrected chi connectivity index (χ2v) is 8.33. The van der Waals surface area contributed by atoms with Crippen molar-refractivity contribution in [1.82, 2.24) is 14.8 Å². The lowest BCUT2D eigenvalue weighted by molar-refractivity contribution is -0.126. The number of fused-ring (bicyclic) bond motifs is 2. The average molecular weight is 391 g/mol. The monoisotopic (exact) mass is 391 g/mol. The number of ether oxygens (including phenoxy) is 1. The minimum Gasteiger partial charge on any atom is -0.431 e. The summed E-state index contributed by atoms with van der Waals surface area (Å²) in [5.74, 6) is 1.43. The molecule has 1 atom stereocenters. The zero-order valence-corrected chi connectivity index (χ0v) is 16.5. The van der Waals surface area contributed by atoms with Gasteiger partial charge in [0, 0.05) is 44.4 Å². The molecule has 0 saturated carbocycles. The Kier molecular flexibility index (Phi) is 4.28. The molecule has 1 saturated heterocycles. The highest BCUT2D eigenvalue weighted by Crippen LogP contribution is 2.35. The highest BCUT2D eigenvalue weighted by molar-refractivity contribution is 7.20. The molecule has 5 nitrogen and oxygen atoms in total. The zero-order valence-electron chi connectivity index (χ0n) is 15.7. The van der Waals surface area contributed by atoms with Gasteiger partial charge in [-0.25, -0.2) is 4.98 Å². The van der Waals surface area contributed by atoms with Crippen LogP contribution in [0.1, 0.15) is 18.9 Å². The summed E-state index contributed by atoms with van der Waals surface area (Å²) in [6.45, 7) is 4.34. The number of carbonyl (C=O) groups excluding carboxylic acids is 1. The van der Waals surface area contributed by atoms with Crippen molar-refractivity contribution in [2.45, 2.75) is 19.9 Å². The van der Waals surface area contributed by atoms with Crippen LogP contribution >= 0.6 is 11.3 Å². The topological polar surface area (TPSA) is 45.7 Å². The third-order valence-corrected chi connectivity index (χ3v) is 6.28. The van der Waals surface area contributed by atoms with Gasteiger partial charge in [0.1, 0.15) is 5.75 Å². The molecule has 1 amide bonds. The first kappa shape index (κ1) is 17.3. The highest BCUT2D eigenvalue weighted by Gasteiger charge is 2.35. The van der Waals surface area contributed by atoms with Gasteiger partial charge in [-0.15, -0.1) is 0 Å². The minimum absolute atomic E-state index is 0.145. The summed E-state index contributed by atoms with van der Waals surface area (Å²) in [6.07, 6.45) is 3.22. The molecule has 0 spiro atoms. The smallest absolute Gasteiger partial charge is 0.279 e. The lowest BCUT2D eigenvalue weighted by Gasteiger charge is -2.18. The van der Waals surface area contributed by atoms with Gasteiger partial charge < -0.3 is 14.5 Å². The first-order valence-corrected chi connectivity index (χ1v) is 10.3. The Morgan fingerprint density at radius 3 is 2.82 bits per heavy atom. The van der Waals surface area contributed by atoms with Crippen molar-refractivity contribution in [2.75, 3.05) is 13.1 Å². The van der Waals surface area contributed by atoms with Crippen LogP contribution < -0.4 is 4.74 Å². The molecule has 2 aliphatic heterocycles. The predicted molar refractivity (Wildman–Crippen MR) is 110 cm³/mol. The number of aromatic nitrogens is 1. The molecule has 0 N–H and O–H groups in total. The van der Waals surface area contributed by atoms with Crippen LogP contribution in [0.4, 0.5) is 0 Å². The number of amides is 1. The molecule has 1 aromatic heterocycles. The molecule has 28 heavy (non-hydrogen) atoms. The molecule has 1 fully saturated rings. The van der Waals surface area contributed by atoms with E-state index in [1.165, 1.54) is 11.3 Å². The summed E-state index contributed by atoms with van der Waals surface area (Å²) in [5, 5.41) is 0.662. The normalized spacial score (nSPS) is 18.5. The first-order chi connectivity index (χ1) is 13.7. The maximum absolute atomic E-state index is 11.7. The fourth-order valence-corrected chi connectivity index (χ4v) is 4.84. The van der Waals surface area contributed by atoms with Gasteiger partial charge in [0.05, 0.1) is 10.2 Å². The van der Waals surface area contributed by atoms with Crippen molar-refractivity contribution in [3.05, 3.63) is 66.0 Å². The number of rotatable bonds is 4. The Bertz CT molecular complexity index is 1020. The molecular weight excluding hydrogens is 370 g/mol. The van der Waals surface area contributed by atoms with E-state index in [-0.39, 0.29) is 5.91 Å². The standard InChI is InChI=1S/C22H21N3O2S/c1-15(26)25-11-10-17-13-24(14-20(17)25)12-16-6-8-18(9-7-16)27-22-23-19-4-2-3-5-21(19)28-22/h2-9,14,17H,10-13H2,1H3. The molecule has 2 aromatic carbocycles. The Morgan fingerprint density at radius 1 is 1.21 bits per heavy atom. The quantitative estimate of drug-likeness (QED) is 0.651. The molecule has 0 aliphatic carbocycles. The van der Waals surface area contributed by atoms with Crippen LogP contribution in [0.5, 0.6) is 10.9 Å².